The molecule has 0 aliphatic carbocycles. The van der Waals surface area contributed by atoms with E-state index in [1.54, 1.807) is 18.2 Å². The fourth-order valence-electron chi connectivity index (χ4n) is 3.25. The quantitative estimate of drug-likeness (QED) is 0.426. The Labute approximate surface area is 163 Å². The van der Waals surface area contributed by atoms with E-state index in [9.17, 15) is 14.9 Å². The molecule has 7 nitrogen and oxygen atoms in total. The van der Waals surface area contributed by atoms with Gasteiger partial charge in [0, 0.05) is 35.9 Å². The van der Waals surface area contributed by atoms with Crippen molar-refractivity contribution < 1.29 is 14.5 Å². The zero-order valence-corrected chi connectivity index (χ0v) is 16.0. The second kappa shape index (κ2) is 8.04. The lowest BCUT2D eigenvalue weighted by Gasteiger charge is -2.24. The smallest absolute Gasteiger partial charge is 0.270 e. The van der Waals surface area contributed by atoms with E-state index in [-0.39, 0.29) is 17.5 Å². The van der Waals surface area contributed by atoms with Crippen molar-refractivity contribution >= 4 is 17.2 Å². The summed E-state index contributed by atoms with van der Waals surface area (Å²) in [5.41, 5.74) is 3.19. The summed E-state index contributed by atoms with van der Waals surface area (Å²) < 4.78 is 5.22. The first-order chi connectivity index (χ1) is 13.4. The summed E-state index contributed by atoms with van der Waals surface area (Å²) in [4.78, 5) is 22.3. The topological polar surface area (TPSA) is 85.0 Å². The number of hydrazone groups is 1. The minimum Gasteiger partial charge on any atom is -0.497 e. The highest BCUT2D eigenvalue weighted by Crippen LogP contribution is 2.36. The van der Waals surface area contributed by atoms with E-state index in [1.165, 1.54) is 25.1 Å². The van der Waals surface area contributed by atoms with E-state index >= 15 is 0 Å². The number of benzene rings is 2. The molecule has 2 aromatic carbocycles. The molecule has 0 amide bonds. The number of rotatable bonds is 6. The van der Waals surface area contributed by atoms with Crippen molar-refractivity contribution in [3.63, 3.8) is 0 Å². The molecule has 1 aliphatic heterocycles. The number of carbonyl (C=O) groups is 1. The van der Waals surface area contributed by atoms with E-state index in [0.717, 1.165) is 17.0 Å². The SMILES string of the molecule is COc1ccc(C2CC(c3cccc([N+](=O)[O-])c3)=NN2C(C)=CC(C)=O)cc1. The van der Waals surface area contributed by atoms with Gasteiger partial charge < -0.3 is 4.74 Å². The molecule has 0 radical (unpaired) electrons. The Hall–Kier alpha value is -3.48. The second-order valence-corrected chi connectivity index (χ2v) is 6.59. The molecule has 1 heterocycles. The fourth-order valence-corrected chi connectivity index (χ4v) is 3.25. The first kappa shape index (κ1) is 19.3. The minimum atomic E-state index is -0.418. The highest BCUT2D eigenvalue weighted by molar-refractivity contribution is 6.02. The van der Waals surface area contributed by atoms with Crippen LogP contribution in [0, 0.1) is 10.1 Å². The fraction of sp³-hybridized carbons (Fsp3) is 0.238. The first-order valence-electron chi connectivity index (χ1n) is 8.83. The van der Waals surface area contributed by atoms with Gasteiger partial charge in [-0.25, -0.2) is 0 Å². The van der Waals surface area contributed by atoms with Crippen LogP contribution in [0.1, 0.15) is 37.4 Å². The van der Waals surface area contributed by atoms with Gasteiger partial charge in [0.05, 0.1) is 23.8 Å². The Bertz CT molecular complexity index is 964. The Morgan fingerprint density at radius 3 is 2.57 bits per heavy atom. The molecule has 0 fully saturated rings. The summed E-state index contributed by atoms with van der Waals surface area (Å²) >= 11 is 0. The standard InChI is InChI=1S/C21H21N3O4/c1-14(11-15(2)25)23-21(16-7-9-19(28-3)10-8-16)13-20(22-23)17-5-4-6-18(12-17)24(26)27/h4-12,21H,13H2,1-3H3. The van der Waals surface area contributed by atoms with Gasteiger partial charge in [-0.2, -0.15) is 5.10 Å². The molecule has 1 unspecified atom stereocenters. The van der Waals surface area contributed by atoms with Crippen LogP contribution in [0.3, 0.4) is 0 Å². The van der Waals surface area contributed by atoms with E-state index < -0.39 is 4.92 Å². The largest absolute Gasteiger partial charge is 0.497 e. The number of allylic oxidation sites excluding steroid dienone is 2. The molecule has 0 saturated heterocycles. The number of ketones is 1. The van der Waals surface area contributed by atoms with Crippen LogP contribution < -0.4 is 4.74 Å². The summed E-state index contributed by atoms with van der Waals surface area (Å²) in [7, 11) is 1.61. The van der Waals surface area contributed by atoms with Gasteiger partial charge >= 0.3 is 0 Å². The van der Waals surface area contributed by atoms with Crippen LogP contribution in [0.2, 0.25) is 0 Å². The van der Waals surface area contributed by atoms with Crippen molar-refractivity contribution in [2.75, 3.05) is 7.11 Å². The van der Waals surface area contributed by atoms with E-state index in [2.05, 4.69) is 5.10 Å². The maximum absolute atomic E-state index is 11.6. The number of methoxy groups -OCH3 is 1. The molecule has 7 heteroatoms. The molecule has 3 rings (SSSR count). The van der Waals surface area contributed by atoms with Crippen LogP contribution in [0.4, 0.5) is 5.69 Å². The maximum Gasteiger partial charge on any atom is 0.270 e. The molecule has 0 aromatic heterocycles. The zero-order chi connectivity index (χ0) is 20.3. The van der Waals surface area contributed by atoms with Gasteiger partial charge in [-0.3, -0.25) is 19.9 Å². The molecular weight excluding hydrogens is 358 g/mol. The van der Waals surface area contributed by atoms with E-state index in [4.69, 9.17) is 4.74 Å². The lowest BCUT2D eigenvalue weighted by atomic mass is 9.98. The van der Waals surface area contributed by atoms with Crippen molar-refractivity contribution in [2.24, 2.45) is 5.10 Å². The number of nitro benzene ring substituents is 1. The molecule has 1 atom stereocenters. The van der Waals surface area contributed by atoms with Crippen molar-refractivity contribution in [3.05, 3.63) is 81.5 Å². The molecule has 1 aliphatic rings. The number of nitrogens with zero attached hydrogens (tertiary/aromatic N) is 3. The summed E-state index contributed by atoms with van der Waals surface area (Å²) in [6.45, 7) is 3.32. The third-order valence-corrected chi connectivity index (χ3v) is 4.57. The average Bonchev–Trinajstić information content (AvgIpc) is 3.13. The number of nitro groups is 1. The minimum absolute atomic E-state index is 0.0237. The maximum atomic E-state index is 11.6. The van der Waals surface area contributed by atoms with Gasteiger partial charge in [0.15, 0.2) is 5.78 Å². The molecule has 0 saturated carbocycles. The second-order valence-electron chi connectivity index (χ2n) is 6.59. The van der Waals surface area contributed by atoms with Crippen LogP contribution in [-0.4, -0.2) is 28.5 Å². The third-order valence-electron chi connectivity index (χ3n) is 4.57. The number of ether oxygens (including phenoxy) is 1. The van der Waals surface area contributed by atoms with E-state index in [0.29, 0.717) is 17.7 Å². The lowest BCUT2D eigenvalue weighted by Crippen LogP contribution is -2.18. The van der Waals surface area contributed by atoms with Gasteiger partial charge in [0.1, 0.15) is 5.75 Å². The van der Waals surface area contributed by atoms with Crippen molar-refractivity contribution in [1.82, 2.24) is 5.01 Å². The molecule has 0 spiro atoms. The Balaban J connectivity index is 2.00. The zero-order valence-electron chi connectivity index (χ0n) is 16.0. The number of hydrogen-bond donors (Lipinski definition) is 0. The Morgan fingerprint density at radius 2 is 1.96 bits per heavy atom. The summed E-state index contributed by atoms with van der Waals surface area (Å²) in [6.07, 6.45) is 2.10. The van der Waals surface area contributed by atoms with Gasteiger partial charge in [-0.05, 0) is 31.5 Å². The number of carbonyl (C=O) groups excluding carboxylic acids is 1. The third kappa shape index (κ3) is 4.09. The normalized spacial score (nSPS) is 16.7. The molecule has 0 bridgehead atoms. The molecule has 0 N–H and O–H groups in total. The van der Waals surface area contributed by atoms with Gasteiger partial charge in [0.2, 0.25) is 0 Å². The summed E-state index contributed by atoms with van der Waals surface area (Å²) in [5.74, 6) is 0.689. The highest BCUT2D eigenvalue weighted by atomic mass is 16.6. The monoisotopic (exact) mass is 379 g/mol. The van der Waals surface area contributed by atoms with Crippen LogP contribution in [0.5, 0.6) is 5.75 Å². The molecule has 144 valence electrons. The van der Waals surface area contributed by atoms with Crippen LogP contribution in [0.25, 0.3) is 0 Å². The summed E-state index contributed by atoms with van der Waals surface area (Å²) in [5, 5.41) is 17.6. The van der Waals surface area contributed by atoms with Crippen LogP contribution >= 0.6 is 0 Å². The van der Waals surface area contributed by atoms with Crippen molar-refractivity contribution in [3.8, 4) is 5.75 Å². The van der Waals surface area contributed by atoms with Gasteiger partial charge in [-0.15, -0.1) is 0 Å². The molecule has 28 heavy (non-hydrogen) atoms. The first-order valence-corrected chi connectivity index (χ1v) is 8.83. The number of hydrogen-bond acceptors (Lipinski definition) is 6. The van der Waals surface area contributed by atoms with Crippen molar-refractivity contribution in [2.45, 2.75) is 26.3 Å². The Morgan fingerprint density at radius 1 is 1.25 bits per heavy atom. The summed E-state index contributed by atoms with van der Waals surface area (Å²) in [6, 6.07) is 14.0. The predicted molar refractivity (Wildman–Crippen MR) is 106 cm³/mol. The number of non-ortho nitro benzene ring substituents is 1. The molecule has 2 aromatic rings. The van der Waals surface area contributed by atoms with Gasteiger partial charge in [0.25, 0.3) is 5.69 Å². The lowest BCUT2D eigenvalue weighted by molar-refractivity contribution is -0.384. The van der Waals surface area contributed by atoms with Gasteiger partial charge in [-0.1, -0.05) is 24.3 Å². The average molecular weight is 379 g/mol. The van der Waals surface area contributed by atoms with Crippen LogP contribution in [0.15, 0.2) is 65.4 Å². The highest BCUT2D eigenvalue weighted by Gasteiger charge is 2.30. The molecular formula is C21H21N3O4. The van der Waals surface area contributed by atoms with Crippen molar-refractivity contribution in [1.29, 1.82) is 0 Å². The predicted octanol–water partition coefficient (Wildman–Crippen LogP) is 4.25. The Kier molecular flexibility index (Phi) is 5.54. The van der Waals surface area contributed by atoms with Crippen LogP contribution in [-0.2, 0) is 4.79 Å². The van der Waals surface area contributed by atoms with E-state index in [1.807, 2.05) is 37.3 Å².